The predicted molar refractivity (Wildman–Crippen MR) is 52.1 cm³/mol. The Kier molecular flexibility index (Phi) is 5.41. The number of halogens is 3. The third-order valence-electron chi connectivity index (χ3n) is 1.70. The third kappa shape index (κ3) is 5.28. The Morgan fingerprint density at radius 3 is 2.25 bits per heavy atom. The lowest BCUT2D eigenvalue weighted by Crippen LogP contribution is -2.21. The number of nitrogens with zero attached hydrogens (tertiary/aromatic N) is 2. The van der Waals surface area contributed by atoms with Gasteiger partial charge in [-0.15, -0.1) is 0 Å². The van der Waals surface area contributed by atoms with Crippen molar-refractivity contribution in [2.75, 3.05) is 13.2 Å². The molecule has 0 unspecified atom stereocenters. The van der Waals surface area contributed by atoms with E-state index in [1.807, 2.05) is 17.3 Å². The normalized spacial score (nSPS) is 14.5. The van der Waals surface area contributed by atoms with E-state index in [9.17, 15) is 13.2 Å². The molecule has 1 rings (SSSR count). The molecule has 0 aromatic rings. The fraction of sp³-hybridized carbons (Fsp3) is 0.444. The average Bonchev–Trinajstić information content (AvgIpc) is 2.64. The highest BCUT2D eigenvalue weighted by atomic mass is 19.4. The van der Waals surface area contributed by atoms with Crippen LogP contribution in [-0.2, 0) is 4.79 Å². The SMILES string of the molecule is C=CN1C=CN(CC)C1.O=C(O)C(F)(F)F. The van der Waals surface area contributed by atoms with Gasteiger partial charge in [0.2, 0.25) is 0 Å². The highest BCUT2D eigenvalue weighted by molar-refractivity contribution is 5.73. The number of carboxylic acid groups (broad SMARTS) is 1. The lowest BCUT2D eigenvalue weighted by atomic mass is 10.6. The molecule has 0 bridgehead atoms. The first-order chi connectivity index (χ1) is 7.31. The molecule has 1 N–H and O–H groups in total. The molecule has 1 aliphatic rings. The van der Waals surface area contributed by atoms with Gasteiger partial charge in [-0.2, -0.15) is 13.2 Å². The summed E-state index contributed by atoms with van der Waals surface area (Å²) in [6, 6.07) is 0. The molecule has 1 heterocycles. The van der Waals surface area contributed by atoms with Crippen molar-refractivity contribution in [2.45, 2.75) is 13.1 Å². The zero-order valence-electron chi connectivity index (χ0n) is 8.74. The molecule has 1 aliphatic heterocycles. The lowest BCUT2D eigenvalue weighted by Gasteiger charge is -2.15. The van der Waals surface area contributed by atoms with E-state index in [4.69, 9.17) is 9.90 Å². The third-order valence-corrected chi connectivity index (χ3v) is 1.70. The van der Waals surface area contributed by atoms with Crippen LogP contribution in [0.1, 0.15) is 6.92 Å². The Labute approximate surface area is 91.3 Å². The lowest BCUT2D eigenvalue weighted by molar-refractivity contribution is -0.192. The maximum absolute atomic E-state index is 10.6. The Bertz CT molecular complexity index is 276. The maximum Gasteiger partial charge on any atom is 0.490 e. The van der Waals surface area contributed by atoms with Gasteiger partial charge in [0.05, 0.1) is 6.67 Å². The van der Waals surface area contributed by atoms with Gasteiger partial charge in [-0.25, -0.2) is 4.79 Å². The number of hydrogen-bond donors (Lipinski definition) is 1. The molecule has 0 aromatic heterocycles. The second kappa shape index (κ2) is 6.04. The van der Waals surface area contributed by atoms with E-state index in [1.165, 1.54) is 0 Å². The van der Waals surface area contributed by atoms with Gasteiger partial charge in [0, 0.05) is 18.9 Å². The van der Waals surface area contributed by atoms with E-state index in [-0.39, 0.29) is 0 Å². The fourth-order valence-corrected chi connectivity index (χ4v) is 0.808. The summed E-state index contributed by atoms with van der Waals surface area (Å²) in [6.45, 7) is 7.82. The van der Waals surface area contributed by atoms with Gasteiger partial charge in [-0.1, -0.05) is 6.58 Å². The number of alkyl halides is 3. The van der Waals surface area contributed by atoms with Crippen LogP contribution in [0.4, 0.5) is 13.2 Å². The standard InChI is InChI=1S/C7H12N2.C2HF3O2/c1-3-8-5-6-9(4-2)7-8;3-2(4,5)1(6)7/h3,5-6H,1,4,7H2,2H3;(H,6,7). The zero-order valence-corrected chi connectivity index (χ0v) is 8.74. The Hall–Kier alpha value is -1.66. The van der Waals surface area contributed by atoms with Gasteiger partial charge >= 0.3 is 12.1 Å². The Balaban J connectivity index is 0.000000293. The van der Waals surface area contributed by atoms with Crippen LogP contribution in [0.15, 0.2) is 25.2 Å². The first-order valence-corrected chi connectivity index (χ1v) is 4.42. The van der Waals surface area contributed by atoms with Crippen molar-refractivity contribution in [1.29, 1.82) is 0 Å². The largest absolute Gasteiger partial charge is 0.490 e. The van der Waals surface area contributed by atoms with E-state index in [2.05, 4.69) is 24.6 Å². The topological polar surface area (TPSA) is 43.8 Å². The van der Waals surface area contributed by atoms with E-state index in [0.717, 1.165) is 13.2 Å². The maximum atomic E-state index is 10.6. The van der Waals surface area contributed by atoms with Crippen LogP contribution in [0.25, 0.3) is 0 Å². The van der Waals surface area contributed by atoms with Crippen LogP contribution in [0.2, 0.25) is 0 Å². The molecule has 0 saturated heterocycles. The average molecular weight is 238 g/mol. The highest BCUT2D eigenvalue weighted by Crippen LogP contribution is 2.13. The summed E-state index contributed by atoms with van der Waals surface area (Å²) in [5, 5.41) is 7.12. The molecule has 16 heavy (non-hydrogen) atoms. The molecular formula is C9H13F3N2O2. The smallest absolute Gasteiger partial charge is 0.475 e. The van der Waals surface area contributed by atoms with Crippen molar-refractivity contribution in [1.82, 2.24) is 9.80 Å². The molecule has 0 fully saturated rings. The minimum atomic E-state index is -5.08. The van der Waals surface area contributed by atoms with Crippen LogP contribution in [0.3, 0.4) is 0 Å². The van der Waals surface area contributed by atoms with Crippen molar-refractivity contribution in [3.63, 3.8) is 0 Å². The molecule has 4 nitrogen and oxygen atoms in total. The van der Waals surface area contributed by atoms with Crippen LogP contribution < -0.4 is 0 Å². The minimum absolute atomic E-state index is 0.958. The monoisotopic (exact) mass is 238 g/mol. The van der Waals surface area contributed by atoms with Gasteiger partial charge in [0.15, 0.2) is 0 Å². The van der Waals surface area contributed by atoms with Crippen LogP contribution >= 0.6 is 0 Å². The number of hydrogen-bond acceptors (Lipinski definition) is 3. The summed E-state index contributed by atoms with van der Waals surface area (Å²) >= 11 is 0. The molecule has 7 heteroatoms. The summed E-state index contributed by atoms with van der Waals surface area (Å²) in [7, 11) is 0. The van der Waals surface area contributed by atoms with E-state index >= 15 is 0 Å². The van der Waals surface area contributed by atoms with Crippen molar-refractivity contribution >= 4 is 5.97 Å². The van der Waals surface area contributed by atoms with Crippen LogP contribution in [-0.4, -0.2) is 40.3 Å². The van der Waals surface area contributed by atoms with Crippen molar-refractivity contribution < 1.29 is 23.1 Å². The van der Waals surface area contributed by atoms with Crippen molar-refractivity contribution in [3.05, 3.63) is 25.2 Å². The summed E-state index contributed by atoms with van der Waals surface area (Å²) in [4.78, 5) is 13.2. The van der Waals surface area contributed by atoms with Crippen LogP contribution in [0.5, 0.6) is 0 Å². The van der Waals surface area contributed by atoms with Crippen LogP contribution in [0, 0.1) is 0 Å². The predicted octanol–water partition coefficient (Wildman–Crippen LogP) is 1.83. The summed E-state index contributed by atoms with van der Waals surface area (Å²) in [6.07, 6.45) is 0.838. The first kappa shape index (κ1) is 14.3. The second-order valence-electron chi connectivity index (χ2n) is 2.84. The van der Waals surface area contributed by atoms with E-state index in [1.54, 1.807) is 0 Å². The zero-order chi connectivity index (χ0) is 12.8. The molecule has 0 atom stereocenters. The van der Waals surface area contributed by atoms with Crippen molar-refractivity contribution in [2.24, 2.45) is 0 Å². The summed E-state index contributed by atoms with van der Waals surface area (Å²) in [5.41, 5.74) is 0. The van der Waals surface area contributed by atoms with E-state index < -0.39 is 12.1 Å². The molecule has 0 aliphatic carbocycles. The number of carbonyl (C=O) groups is 1. The molecule has 0 saturated carbocycles. The first-order valence-electron chi connectivity index (χ1n) is 4.42. The van der Waals surface area contributed by atoms with Gasteiger partial charge in [0.1, 0.15) is 0 Å². The summed E-state index contributed by atoms with van der Waals surface area (Å²) < 4.78 is 31.7. The molecule has 0 spiro atoms. The van der Waals surface area contributed by atoms with Gasteiger partial charge < -0.3 is 14.9 Å². The molecular weight excluding hydrogens is 225 g/mol. The Morgan fingerprint density at radius 1 is 1.56 bits per heavy atom. The number of carboxylic acids is 1. The van der Waals surface area contributed by atoms with Gasteiger partial charge in [-0.05, 0) is 13.1 Å². The number of rotatable bonds is 2. The number of aliphatic carboxylic acids is 1. The second-order valence-corrected chi connectivity index (χ2v) is 2.84. The minimum Gasteiger partial charge on any atom is -0.475 e. The molecule has 92 valence electrons. The fourth-order valence-electron chi connectivity index (χ4n) is 0.808. The molecule has 0 radical (unpaired) electrons. The molecule has 0 aromatic carbocycles. The highest BCUT2D eigenvalue weighted by Gasteiger charge is 2.38. The summed E-state index contributed by atoms with van der Waals surface area (Å²) in [5.74, 6) is -2.76. The Morgan fingerprint density at radius 2 is 2.06 bits per heavy atom. The molecule has 0 amide bonds. The van der Waals surface area contributed by atoms with E-state index in [0.29, 0.717) is 0 Å². The van der Waals surface area contributed by atoms with Gasteiger partial charge in [0.25, 0.3) is 0 Å². The quantitative estimate of drug-likeness (QED) is 0.797. The van der Waals surface area contributed by atoms with Gasteiger partial charge in [-0.3, -0.25) is 0 Å². The van der Waals surface area contributed by atoms with Crippen molar-refractivity contribution in [3.8, 4) is 0 Å².